The molecule has 2 N–H and O–H groups in total. The Morgan fingerprint density at radius 2 is 1.49 bits per heavy atom. The highest BCUT2D eigenvalue weighted by atomic mass is 19.4. The number of anilines is 2. The molecular formula is C52H56F8N8O4. The number of hydrogen-bond donors (Lipinski definition) is 2. The van der Waals surface area contributed by atoms with Gasteiger partial charge in [-0.1, -0.05) is 29.3 Å². The Labute approximate surface area is 411 Å². The van der Waals surface area contributed by atoms with Crippen LogP contribution >= 0.6 is 0 Å². The van der Waals surface area contributed by atoms with Gasteiger partial charge >= 0.3 is 6.18 Å². The molecule has 3 aromatic carbocycles. The van der Waals surface area contributed by atoms with E-state index in [1.54, 1.807) is 79.9 Å². The monoisotopic (exact) mass is 1010 g/mol. The lowest BCUT2D eigenvalue weighted by Gasteiger charge is -2.37. The first-order valence-electron chi connectivity index (χ1n) is 23.6. The van der Waals surface area contributed by atoms with Crippen molar-refractivity contribution in [1.82, 2.24) is 29.0 Å². The average Bonchev–Trinajstić information content (AvgIpc) is 3.85. The van der Waals surface area contributed by atoms with Gasteiger partial charge in [0.2, 0.25) is 0 Å². The molecule has 6 aromatic rings. The Bertz CT molecular complexity index is 2900. The summed E-state index contributed by atoms with van der Waals surface area (Å²) in [5, 5.41) is 10.7. The highest BCUT2D eigenvalue weighted by Crippen LogP contribution is 2.32. The number of rotatable bonds is 18. The second kappa shape index (κ2) is 22.1. The van der Waals surface area contributed by atoms with Gasteiger partial charge in [-0.05, 0) is 99.5 Å². The molecule has 2 atom stereocenters. The van der Waals surface area contributed by atoms with E-state index in [9.17, 15) is 22.4 Å². The summed E-state index contributed by atoms with van der Waals surface area (Å²) in [4.78, 5) is 17.6. The SMILES string of the molecule is Cc1noc(C)c1-c1ccc(=O)n(Cc2cccc(OCC(F)(F)CN3CCN(CC(F)(F)COc4ccc(NCC#Cc5cc6c(N[C@@H]7CCN(C)C[C@@H]7F)cccc6n5CC(F)(F)F)cc4)CC3)c2)c1. The van der Waals surface area contributed by atoms with E-state index in [1.807, 2.05) is 18.9 Å². The molecule has 0 radical (unpaired) electrons. The number of hydrogen-bond acceptors (Lipinski definition) is 10. The third-order valence-electron chi connectivity index (χ3n) is 12.7. The van der Waals surface area contributed by atoms with Crippen LogP contribution in [0.3, 0.4) is 0 Å². The van der Waals surface area contributed by atoms with Crippen molar-refractivity contribution >= 4 is 22.3 Å². The molecule has 2 fully saturated rings. The van der Waals surface area contributed by atoms with Crippen LogP contribution in [0.1, 0.15) is 29.1 Å². The molecule has 2 aliphatic rings. The van der Waals surface area contributed by atoms with E-state index in [1.165, 1.54) is 32.6 Å². The maximum atomic E-state index is 15.2. The Morgan fingerprint density at radius 1 is 0.806 bits per heavy atom. The van der Waals surface area contributed by atoms with Crippen molar-refractivity contribution in [3.8, 4) is 34.5 Å². The lowest BCUT2D eigenvalue weighted by atomic mass is 10.0. The zero-order chi connectivity index (χ0) is 51.2. The van der Waals surface area contributed by atoms with E-state index in [0.717, 1.165) is 15.7 Å². The van der Waals surface area contributed by atoms with Crippen molar-refractivity contribution in [2.75, 3.05) is 89.8 Å². The number of piperazine rings is 1. The van der Waals surface area contributed by atoms with Gasteiger partial charge in [0, 0.05) is 79.4 Å². The van der Waals surface area contributed by atoms with E-state index in [-0.39, 0.29) is 68.6 Å². The minimum absolute atomic E-state index is 0.0534. The fourth-order valence-corrected chi connectivity index (χ4v) is 9.09. The van der Waals surface area contributed by atoms with E-state index < -0.39 is 63.1 Å². The summed E-state index contributed by atoms with van der Waals surface area (Å²) < 4.78 is 135. The molecule has 2 saturated heterocycles. The average molecular weight is 1010 g/mol. The first-order valence-corrected chi connectivity index (χ1v) is 23.6. The summed E-state index contributed by atoms with van der Waals surface area (Å²) in [7, 11) is 1.84. The predicted octanol–water partition coefficient (Wildman–Crippen LogP) is 8.95. The number of aryl methyl sites for hydroxylation is 2. The van der Waals surface area contributed by atoms with Crippen LogP contribution in [0, 0.1) is 25.7 Å². The van der Waals surface area contributed by atoms with Gasteiger partial charge in [-0.2, -0.15) is 13.2 Å². The van der Waals surface area contributed by atoms with Gasteiger partial charge < -0.3 is 38.7 Å². The van der Waals surface area contributed by atoms with Crippen LogP contribution in [-0.4, -0.2) is 138 Å². The van der Waals surface area contributed by atoms with Gasteiger partial charge in [-0.15, -0.1) is 0 Å². The molecule has 2 aliphatic heterocycles. The minimum Gasteiger partial charge on any atom is -0.487 e. The summed E-state index contributed by atoms with van der Waals surface area (Å²) in [6.07, 6.45) is -3.43. The minimum atomic E-state index is -4.52. The van der Waals surface area contributed by atoms with Crippen LogP contribution in [0.2, 0.25) is 0 Å². The molecule has 3 aromatic heterocycles. The van der Waals surface area contributed by atoms with Gasteiger partial charge in [-0.3, -0.25) is 14.6 Å². The fourth-order valence-electron chi connectivity index (χ4n) is 9.09. The summed E-state index contributed by atoms with van der Waals surface area (Å²) in [5.41, 5.74) is 4.20. The molecule has 5 heterocycles. The van der Waals surface area contributed by atoms with Crippen LogP contribution in [-0.2, 0) is 13.1 Å². The van der Waals surface area contributed by atoms with Crippen molar-refractivity contribution in [3.05, 3.63) is 124 Å². The van der Waals surface area contributed by atoms with Crippen LogP contribution in [0.25, 0.3) is 22.0 Å². The van der Waals surface area contributed by atoms with Gasteiger partial charge in [0.05, 0.1) is 49.1 Å². The third-order valence-corrected chi connectivity index (χ3v) is 12.7. The summed E-state index contributed by atoms with van der Waals surface area (Å²) in [6.45, 7) is 1.05. The van der Waals surface area contributed by atoms with E-state index in [4.69, 9.17) is 14.0 Å². The normalized spacial score (nSPS) is 17.4. The van der Waals surface area contributed by atoms with Crippen molar-refractivity contribution in [2.24, 2.45) is 0 Å². The number of fused-ring (bicyclic) bond motifs is 1. The first kappa shape index (κ1) is 51.8. The smallest absolute Gasteiger partial charge is 0.406 e. The number of likely N-dealkylation sites (tertiary alicyclic amines) is 1. The predicted molar refractivity (Wildman–Crippen MR) is 259 cm³/mol. The number of nitrogens with one attached hydrogen (secondary N) is 2. The molecule has 0 bridgehead atoms. The van der Waals surface area contributed by atoms with Gasteiger partial charge in [0.15, 0.2) is 13.2 Å². The van der Waals surface area contributed by atoms with Crippen molar-refractivity contribution < 1.29 is 49.1 Å². The number of nitrogens with zero attached hydrogens (tertiary/aromatic N) is 6. The van der Waals surface area contributed by atoms with Gasteiger partial charge in [-0.25, -0.2) is 22.0 Å². The molecule has 20 heteroatoms. The molecule has 0 unspecified atom stereocenters. The van der Waals surface area contributed by atoms with Crippen molar-refractivity contribution in [2.45, 2.75) is 63.6 Å². The number of alkyl halides is 8. The standard InChI is InChI=1S/C52H56F8N8O4/c1-35-49(36(2)72-63-35)38-12-17-48(69)67(28-38)27-37-7-4-9-42(25-37)71-34-51(56,57)31-66-23-21-65(22-24-66)30-50(54,55)33-70-41-15-13-39(14-16-41)61-19-6-8-40-26-43-45(62-46-18-20-64(3)29-44(46)53)10-5-11-47(43)68(40)32-52(58,59)60/h4-5,7,9-17,25-26,28,44,46,61-62H,18-24,27,29-34H2,1-3H3/t44-,46+/m0/s1. The van der Waals surface area contributed by atoms with Gasteiger partial charge in [0.25, 0.3) is 17.4 Å². The van der Waals surface area contributed by atoms with E-state index in [2.05, 4.69) is 27.6 Å². The van der Waals surface area contributed by atoms with E-state index in [0.29, 0.717) is 52.3 Å². The number of pyridine rings is 1. The molecule has 0 aliphatic carbocycles. The first-order chi connectivity index (χ1) is 34.3. The lowest BCUT2D eigenvalue weighted by molar-refractivity contribution is -0.140. The highest BCUT2D eigenvalue weighted by molar-refractivity contribution is 5.94. The van der Waals surface area contributed by atoms with Crippen LogP contribution in [0.5, 0.6) is 11.5 Å². The van der Waals surface area contributed by atoms with Crippen molar-refractivity contribution in [1.29, 1.82) is 0 Å². The number of benzene rings is 3. The molecule has 384 valence electrons. The van der Waals surface area contributed by atoms with Crippen molar-refractivity contribution in [3.63, 3.8) is 0 Å². The Kier molecular flexibility index (Phi) is 15.9. The Morgan fingerprint density at radius 3 is 2.14 bits per heavy atom. The maximum Gasteiger partial charge on any atom is 0.406 e. The number of aromatic nitrogens is 3. The molecule has 0 spiro atoms. The zero-order valence-corrected chi connectivity index (χ0v) is 40.1. The topological polar surface area (TPSA) is 105 Å². The number of piperidine rings is 1. The van der Waals surface area contributed by atoms with Crippen LogP contribution < -0.4 is 25.7 Å². The van der Waals surface area contributed by atoms with Gasteiger partial charge in [0.1, 0.15) is 30.0 Å². The third kappa shape index (κ3) is 13.7. The maximum absolute atomic E-state index is 15.2. The van der Waals surface area contributed by atoms with Crippen LogP contribution in [0.4, 0.5) is 46.5 Å². The zero-order valence-electron chi connectivity index (χ0n) is 40.1. The number of halogens is 8. The second-order valence-corrected chi connectivity index (χ2v) is 18.5. The lowest BCUT2D eigenvalue weighted by Crippen LogP contribution is -2.53. The second-order valence-electron chi connectivity index (χ2n) is 18.5. The van der Waals surface area contributed by atoms with E-state index >= 15 is 17.6 Å². The highest BCUT2D eigenvalue weighted by Gasteiger charge is 2.38. The summed E-state index contributed by atoms with van der Waals surface area (Å²) >= 11 is 0. The molecule has 8 rings (SSSR count). The molecule has 0 amide bonds. The molecule has 72 heavy (non-hydrogen) atoms. The summed E-state index contributed by atoms with van der Waals surface area (Å²) in [5.74, 6) is 0.223. The molecule has 12 nitrogen and oxygen atoms in total. The molecule has 0 saturated carbocycles. The summed E-state index contributed by atoms with van der Waals surface area (Å²) in [6, 6.07) is 21.9. The Balaban J connectivity index is 0.767. The van der Waals surface area contributed by atoms with Crippen LogP contribution in [0.15, 0.2) is 100 Å². The Hall–Kier alpha value is -6.56. The largest absolute Gasteiger partial charge is 0.487 e. The fraction of sp³-hybridized carbons (Fsp3) is 0.423. The molecular weight excluding hydrogens is 953 g/mol. The number of ether oxygens (including phenoxy) is 2. The quantitative estimate of drug-likeness (QED) is 0.0641.